The summed E-state index contributed by atoms with van der Waals surface area (Å²) in [5.41, 5.74) is 9.35. The van der Waals surface area contributed by atoms with Gasteiger partial charge in [-0.25, -0.2) is 0 Å². The van der Waals surface area contributed by atoms with Gasteiger partial charge in [0, 0.05) is 11.0 Å². The second-order valence-corrected chi connectivity index (χ2v) is 6.47. The van der Waals surface area contributed by atoms with Gasteiger partial charge in [0.05, 0.1) is 0 Å². The molecule has 20 heavy (non-hydrogen) atoms. The van der Waals surface area contributed by atoms with E-state index in [1.807, 2.05) is 0 Å². The Hall–Kier alpha value is -1.60. The lowest BCUT2D eigenvalue weighted by Crippen LogP contribution is -2.45. The lowest BCUT2D eigenvalue weighted by atomic mass is 9.62. The highest BCUT2D eigenvalue weighted by Gasteiger charge is 2.40. The maximum Gasteiger partial charge on any atom is 0.0204 e. The molecule has 0 amide bonds. The summed E-state index contributed by atoms with van der Waals surface area (Å²) >= 11 is 0. The summed E-state index contributed by atoms with van der Waals surface area (Å²) in [5, 5.41) is 0. The van der Waals surface area contributed by atoms with Crippen molar-refractivity contribution in [3.8, 4) is 0 Å². The average Bonchev–Trinajstić information content (AvgIpc) is 2.50. The lowest BCUT2D eigenvalue weighted by Gasteiger charge is -2.44. The van der Waals surface area contributed by atoms with Gasteiger partial charge in [0.25, 0.3) is 0 Å². The maximum atomic E-state index is 6.36. The normalized spacial score (nSPS) is 20.5. The van der Waals surface area contributed by atoms with E-state index < -0.39 is 0 Å². The number of rotatable bonds is 2. The van der Waals surface area contributed by atoms with E-state index in [9.17, 15) is 0 Å². The van der Waals surface area contributed by atoms with Crippen molar-refractivity contribution in [3.05, 3.63) is 71.8 Å². The van der Waals surface area contributed by atoms with Crippen molar-refractivity contribution >= 4 is 0 Å². The van der Waals surface area contributed by atoms with E-state index in [1.54, 1.807) is 0 Å². The number of nitrogens with two attached hydrogens (primary N) is 1. The topological polar surface area (TPSA) is 26.0 Å². The van der Waals surface area contributed by atoms with E-state index in [-0.39, 0.29) is 11.0 Å². The summed E-state index contributed by atoms with van der Waals surface area (Å²) < 4.78 is 0. The SMILES string of the molecule is CC1(N)CCC(c2ccccc2)(c2ccccc2)CC1. The standard InChI is InChI=1S/C19H23N/c1-18(20)12-14-19(15-13-18,16-8-4-2-5-9-16)17-10-6-3-7-11-17/h2-11H,12-15,20H2,1H3. The minimum atomic E-state index is -0.00688. The van der Waals surface area contributed by atoms with E-state index >= 15 is 0 Å². The van der Waals surface area contributed by atoms with Crippen LogP contribution < -0.4 is 5.73 Å². The quantitative estimate of drug-likeness (QED) is 0.862. The molecule has 1 heteroatoms. The third kappa shape index (κ3) is 2.38. The summed E-state index contributed by atoms with van der Waals surface area (Å²) in [4.78, 5) is 0. The van der Waals surface area contributed by atoms with E-state index in [0.29, 0.717) is 0 Å². The zero-order valence-corrected chi connectivity index (χ0v) is 12.2. The molecule has 0 atom stereocenters. The molecule has 0 saturated heterocycles. The molecular formula is C19H23N. The summed E-state index contributed by atoms with van der Waals surface area (Å²) in [6.45, 7) is 2.19. The monoisotopic (exact) mass is 265 g/mol. The Labute approximate surface area is 121 Å². The molecule has 2 aromatic rings. The van der Waals surface area contributed by atoms with Crippen molar-refractivity contribution in [2.45, 2.75) is 43.6 Å². The van der Waals surface area contributed by atoms with Crippen molar-refractivity contribution in [3.63, 3.8) is 0 Å². The van der Waals surface area contributed by atoms with Crippen molar-refractivity contribution in [1.82, 2.24) is 0 Å². The van der Waals surface area contributed by atoms with Gasteiger partial charge in [-0.05, 0) is 43.7 Å². The molecule has 0 radical (unpaired) electrons. The Morgan fingerprint density at radius 1 is 0.700 bits per heavy atom. The van der Waals surface area contributed by atoms with Gasteiger partial charge >= 0.3 is 0 Å². The molecule has 2 aromatic carbocycles. The first-order valence-electron chi connectivity index (χ1n) is 7.52. The van der Waals surface area contributed by atoms with Crippen LogP contribution in [0.2, 0.25) is 0 Å². The van der Waals surface area contributed by atoms with Gasteiger partial charge in [-0.3, -0.25) is 0 Å². The number of benzene rings is 2. The van der Waals surface area contributed by atoms with Crippen molar-refractivity contribution < 1.29 is 0 Å². The van der Waals surface area contributed by atoms with Gasteiger partial charge in [0.1, 0.15) is 0 Å². The fourth-order valence-electron chi connectivity index (χ4n) is 3.51. The Balaban J connectivity index is 2.06. The molecule has 0 aliphatic heterocycles. The van der Waals surface area contributed by atoms with Gasteiger partial charge in [0.2, 0.25) is 0 Å². The zero-order chi connectivity index (χ0) is 14.1. The first-order valence-corrected chi connectivity index (χ1v) is 7.52. The van der Waals surface area contributed by atoms with E-state index in [1.165, 1.54) is 11.1 Å². The van der Waals surface area contributed by atoms with Crippen molar-refractivity contribution in [1.29, 1.82) is 0 Å². The Kier molecular flexibility index (Phi) is 3.39. The summed E-state index contributed by atoms with van der Waals surface area (Å²) in [5.74, 6) is 0. The van der Waals surface area contributed by atoms with Gasteiger partial charge in [-0.15, -0.1) is 0 Å². The Morgan fingerprint density at radius 2 is 1.10 bits per heavy atom. The first kappa shape index (κ1) is 13.4. The van der Waals surface area contributed by atoms with Gasteiger partial charge < -0.3 is 5.73 Å². The molecule has 1 fully saturated rings. The van der Waals surface area contributed by atoms with Crippen LogP contribution in [-0.2, 0) is 5.41 Å². The summed E-state index contributed by atoms with van der Waals surface area (Å²) in [6.07, 6.45) is 4.43. The molecule has 0 unspecified atom stereocenters. The minimum Gasteiger partial charge on any atom is -0.325 e. The van der Waals surface area contributed by atoms with Crippen LogP contribution in [0.3, 0.4) is 0 Å². The molecule has 104 valence electrons. The molecule has 3 rings (SSSR count). The second-order valence-electron chi connectivity index (χ2n) is 6.47. The van der Waals surface area contributed by atoms with Gasteiger partial charge in [-0.1, -0.05) is 60.7 Å². The molecular weight excluding hydrogens is 242 g/mol. The number of hydrogen-bond acceptors (Lipinski definition) is 1. The molecule has 1 nitrogen and oxygen atoms in total. The van der Waals surface area contributed by atoms with Crippen molar-refractivity contribution in [2.75, 3.05) is 0 Å². The number of hydrogen-bond donors (Lipinski definition) is 1. The van der Waals surface area contributed by atoms with Crippen LogP contribution >= 0.6 is 0 Å². The zero-order valence-electron chi connectivity index (χ0n) is 12.2. The smallest absolute Gasteiger partial charge is 0.0204 e. The maximum absolute atomic E-state index is 6.36. The van der Waals surface area contributed by atoms with Gasteiger partial charge in [-0.2, -0.15) is 0 Å². The van der Waals surface area contributed by atoms with Crippen LogP contribution in [0, 0.1) is 0 Å². The molecule has 0 bridgehead atoms. The largest absolute Gasteiger partial charge is 0.325 e. The molecule has 1 aliphatic carbocycles. The molecule has 2 N–H and O–H groups in total. The Bertz CT molecular complexity index is 505. The highest BCUT2D eigenvalue weighted by molar-refractivity contribution is 5.40. The predicted molar refractivity (Wildman–Crippen MR) is 84.7 cm³/mol. The lowest BCUT2D eigenvalue weighted by molar-refractivity contribution is 0.243. The van der Waals surface area contributed by atoms with Crippen LogP contribution in [0.4, 0.5) is 0 Å². The molecule has 0 aromatic heterocycles. The molecule has 1 saturated carbocycles. The van der Waals surface area contributed by atoms with Crippen LogP contribution in [0.25, 0.3) is 0 Å². The highest BCUT2D eigenvalue weighted by Crippen LogP contribution is 2.46. The van der Waals surface area contributed by atoms with E-state index in [4.69, 9.17) is 5.73 Å². The van der Waals surface area contributed by atoms with Gasteiger partial charge in [0.15, 0.2) is 0 Å². The molecule has 0 heterocycles. The van der Waals surface area contributed by atoms with Crippen LogP contribution in [-0.4, -0.2) is 5.54 Å². The molecule has 0 spiro atoms. The van der Waals surface area contributed by atoms with E-state index in [0.717, 1.165) is 25.7 Å². The van der Waals surface area contributed by atoms with Crippen molar-refractivity contribution in [2.24, 2.45) is 5.73 Å². The predicted octanol–water partition coefficient (Wildman–Crippen LogP) is 4.26. The minimum absolute atomic E-state index is 0.00688. The fourth-order valence-corrected chi connectivity index (χ4v) is 3.51. The highest BCUT2D eigenvalue weighted by atomic mass is 14.7. The van der Waals surface area contributed by atoms with E-state index in [2.05, 4.69) is 67.6 Å². The second kappa shape index (κ2) is 5.06. The van der Waals surface area contributed by atoms with Crippen LogP contribution in [0.1, 0.15) is 43.7 Å². The summed E-state index contributed by atoms with van der Waals surface area (Å²) in [7, 11) is 0. The first-order chi connectivity index (χ1) is 9.62. The van der Waals surface area contributed by atoms with Crippen LogP contribution in [0.15, 0.2) is 60.7 Å². The summed E-state index contributed by atoms with van der Waals surface area (Å²) in [6, 6.07) is 21.9. The average molecular weight is 265 g/mol. The third-order valence-corrected chi connectivity index (χ3v) is 4.90. The Morgan fingerprint density at radius 3 is 1.50 bits per heavy atom. The van der Waals surface area contributed by atoms with Crippen LogP contribution in [0.5, 0.6) is 0 Å². The third-order valence-electron chi connectivity index (χ3n) is 4.90. The fraction of sp³-hybridized carbons (Fsp3) is 0.368. The molecule has 1 aliphatic rings.